The molecule has 1 fully saturated rings. The van der Waals surface area contributed by atoms with Gasteiger partial charge < -0.3 is 10.1 Å². The molecule has 0 saturated carbocycles. The highest BCUT2D eigenvalue weighted by Gasteiger charge is 2.39. The zero-order chi connectivity index (χ0) is 16.7. The maximum absolute atomic E-state index is 13.7. The van der Waals surface area contributed by atoms with Gasteiger partial charge in [-0.15, -0.1) is 0 Å². The van der Waals surface area contributed by atoms with Gasteiger partial charge in [-0.3, -0.25) is 0 Å². The lowest BCUT2D eigenvalue weighted by Gasteiger charge is -2.43. The molecule has 24 heavy (non-hydrogen) atoms. The molecular formula is C21H24FNO. The van der Waals surface area contributed by atoms with Gasteiger partial charge in [0.2, 0.25) is 0 Å². The molecule has 2 aromatic rings. The Morgan fingerprint density at radius 1 is 1.17 bits per heavy atom. The molecule has 3 atom stereocenters. The summed E-state index contributed by atoms with van der Waals surface area (Å²) in [4.78, 5) is 0. The molecule has 0 unspecified atom stereocenters. The van der Waals surface area contributed by atoms with Crippen molar-refractivity contribution in [2.75, 3.05) is 11.9 Å². The summed E-state index contributed by atoms with van der Waals surface area (Å²) in [7, 11) is 0. The summed E-state index contributed by atoms with van der Waals surface area (Å²) in [5.41, 5.74) is 4.73. The largest absolute Gasteiger partial charge is 0.378 e. The van der Waals surface area contributed by atoms with E-state index in [0.717, 1.165) is 30.7 Å². The Labute approximate surface area is 143 Å². The second-order valence-corrected chi connectivity index (χ2v) is 7.28. The Hall–Kier alpha value is -1.87. The highest BCUT2D eigenvalue weighted by Crippen LogP contribution is 2.49. The van der Waals surface area contributed by atoms with Crippen molar-refractivity contribution in [3.8, 4) is 0 Å². The van der Waals surface area contributed by atoms with E-state index in [1.54, 1.807) is 12.1 Å². The van der Waals surface area contributed by atoms with Crippen molar-refractivity contribution >= 4 is 5.69 Å². The maximum atomic E-state index is 13.7. The van der Waals surface area contributed by atoms with E-state index in [2.05, 4.69) is 37.4 Å². The molecule has 1 saturated heterocycles. The third kappa shape index (κ3) is 2.71. The summed E-state index contributed by atoms with van der Waals surface area (Å²) in [5.74, 6) is 0.664. The molecule has 0 amide bonds. The van der Waals surface area contributed by atoms with Gasteiger partial charge in [0.15, 0.2) is 0 Å². The van der Waals surface area contributed by atoms with E-state index < -0.39 is 0 Å². The van der Waals surface area contributed by atoms with Crippen LogP contribution in [0, 0.1) is 11.7 Å². The Morgan fingerprint density at radius 3 is 2.83 bits per heavy atom. The van der Waals surface area contributed by atoms with Crippen LogP contribution in [0.5, 0.6) is 0 Å². The predicted octanol–water partition coefficient (Wildman–Crippen LogP) is 5.58. The van der Waals surface area contributed by atoms with Gasteiger partial charge in [-0.2, -0.15) is 0 Å². The van der Waals surface area contributed by atoms with Crippen LogP contribution in [-0.2, 0) is 4.74 Å². The number of fused-ring (bicyclic) bond motifs is 3. The van der Waals surface area contributed by atoms with Gasteiger partial charge in [0, 0.05) is 23.8 Å². The number of hydrogen-bond donors (Lipinski definition) is 1. The van der Waals surface area contributed by atoms with Gasteiger partial charge in [0.05, 0.1) is 12.1 Å². The third-order valence-electron chi connectivity index (χ3n) is 5.36. The SMILES string of the molecule is CC(C)c1ccc2c(c1)[C@@H]1OCCC[C@@H]1[C@@H](c1cccc(F)c1)N2. The molecule has 4 rings (SSSR count). The van der Waals surface area contributed by atoms with Crippen molar-refractivity contribution < 1.29 is 9.13 Å². The fraction of sp³-hybridized carbons (Fsp3) is 0.429. The number of benzene rings is 2. The first-order valence-electron chi connectivity index (χ1n) is 8.91. The van der Waals surface area contributed by atoms with E-state index in [1.165, 1.54) is 17.2 Å². The van der Waals surface area contributed by atoms with Crippen LogP contribution >= 0.6 is 0 Å². The Morgan fingerprint density at radius 2 is 2.04 bits per heavy atom. The quantitative estimate of drug-likeness (QED) is 0.778. The number of anilines is 1. The normalized spacial score (nSPS) is 25.8. The molecule has 0 bridgehead atoms. The molecule has 0 radical (unpaired) electrons. The van der Waals surface area contributed by atoms with E-state index in [0.29, 0.717) is 11.8 Å². The van der Waals surface area contributed by atoms with E-state index >= 15 is 0 Å². The van der Waals surface area contributed by atoms with Crippen LogP contribution in [0.15, 0.2) is 42.5 Å². The first kappa shape index (κ1) is 15.6. The Bertz CT molecular complexity index is 742. The summed E-state index contributed by atoms with van der Waals surface area (Å²) < 4.78 is 19.9. The van der Waals surface area contributed by atoms with Crippen LogP contribution in [0.25, 0.3) is 0 Å². The van der Waals surface area contributed by atoms with Gasteiger partial charge in [0.1, 0.15) is 5.82 Å². The Balaban J connectivity index is 1.77. The summed E-state index contributed by atoms with van der Waals surface area (Å²) in [6.07, 6.45) is 2.26. The van der Waals surface area contributed by atoms with Crippen molar-refractivity contribution in [2.45, 2.75) is 44.8 Å². The number of hydrogen-bond acceptors (Lipinski definition) is 2. The minimum Gasteiger partial charge on any atom is -0.378 e. The molecule has 1 N–H and O–H groups in total. The van der Waals surface area contributed by atoms with Gasteiger partial charge in [-0.1, -0.05) is 38.1 Å². The van der Waals surface area contributed by atoms with Gasteiger partial charge in [0.25, 0.3) is 0 Å². The molecule has 2 aliphatic rings. The van der Waals surface area contributed by atoms with Crippen molar-refractivity contribution in [1.29, 1.82) is 0 Å². The highest BCUT2D eigenvalue weighted by molar-refractivity contribution is 5.58. The van der Waals surface area contributed by atoms with Crippen molar-refractivity contribution in [2.24, 2.45) is 5.92 Å². The van der Waals surface area contributed by atoms with Gasteiger partial charge in [-0.25, -0.2) is 4.39 Å². The number of nitrogens with one attached hydrogen (secondary N) is 1. The van der Waals surface area contributed by atoms with E-state index in [9.17, 15) is 4.39 Å². The van der Waals surface area contributed by atoms with Crippen molar-refractivity contribution in [1.82, 2.24) is 0 Å². The minimum absolute atomic E-state index is 0.0990. The molecule has 126 valence electrons. The zero-order valence-electron chi connectivity index (χ0n) is 14.3. The molecule has 2 heterocycles. The second-order valence-electron chi connectivity index (χ2n) is 7.28. The molecule has 2 aromatic carbocycles. The van der Waals surface area contributed by atoms with Crippen LogP contribution in [0.2, 0.25) is 0 Å². The molecule has 0 aromatic heterocycles. The number of halogens is 1. The Kier molecular flexibility index (Phi) is 4.05. The van der Waals surface area contributed by atoms with Crippen LogP contribution < -0.4 is 5.32 Å². The van der Waals surface area contributed by atoms with E-state index in [4.69, 9.17) is 4.74 Å². The first-order valence-corrected chi connectivity index (χ1v) is 8.91. The van der Waals surface area contributed by atoms with Crippen LogP contribution in [0.1, 0.15) is 61.4 Å². The smallest absolute Gasteiger partial charge is 0.123 e. The van der Waals surface area contributed by atoms with Crippen molar-refractivity contribution in [3.05, 3.63) is 65.0 Å². The van der Waals surface area contributed by atoms with Crippen LogP contribution in [0.4, 0.5) is 10.1 Å². The average Bonchev–Trinajstić information content (AvgIpc) is 2.60. The second kappa shape index (κ2) is 6.21. The fourth-order valence-electron chi connectivity index (χ4n) is 4.08. The zero-order valence-corrected chi connectivity index (χ0v) is 14.3. The molecular weight excluding hydrogens is 301 g/mol. The van der Waals surface area contributed by atoms with Crippen LogP contribution in [-0.4, -0.2) is 6.61 Å². The minimum atomic E-state index is -0.177. The molecule has 2 nitrogen and oxygen atoms in total. The molecule has 2 aliphatic heterocycles. The summed E-state index contributed by atoms with van der Waals surface area (Å²) in [5, 5.41) is 3.66. The molecule has 0 spiro atoms. The maximum Gasteiger partial charge on any atom is 0.123 e. The van der Waals surface area contributed by atoms with Gasteiger partial charge in [-0.05, 0) is 48.1 Å². The fourth-order valence-corrected chi connectivity index (χ4v) is 4.08. The molecule has 3 heteroatoms. The highest BCUT2D eigenvalue weighted by atomic mass is 19.1. The average molecular weight is 325 g/mol. The lowest BCUT2D eigenvalue weighted by atomic mass is 9.77. The lowest BCUT2D eigenvalue weighted by molar-refractivity contribution is -0.0382. The van der Waals surface area contributed by atoms with Crippen molar-refractivity contribution in [3.63, 3.8) is 0 Å². The molecule has 0 aliphatic carbocycles. The van der Waals surface area contributed by atoms with Gasteiger partial charge >= 0.3 is 0 Å². The summed E-state index contributed by atoms with van der Waals surface area (Å²) in [6.45, 7) is 5.24. The monoisotopic (exact) mass is 325 g/mol. The number of rotatable bonds is 2. The summed E-state index contributed by atoms with van der Waals surface area (Å²) >= 11 is 0. The first-order chi connectivity index (χ1) is 11.6. The lowest BCUT2D eigenvalue weighted by Crippen LogP contribution is -2.36. The van der Waals surface area contributed by atoms with Crippen LogP contribution in [0.3, 0.4) is 0 Å². The predicted molar refractivity (Wildman–Crippen MR) is 94.7 cm³/mol. The third-order valence-corrected chi connectivity index (χ3v) is 5.36. The summed E-state index contributed by atoms with van der Waals surface area (Å²) in [6, 6.07) is 13.7. The topological polar surface area (TPSA) is 21.3 Å². The van der Waals surface area contributed by atoms with E-state index in [-0.39, 0.29) is 18.0 Å². The standard InChI is InChI=1S/C21H24FNO/c1-13(2)14-8-9-19-18(12-14)21-17(7-4-10-24-21)20(23-19)15-5-3-6-16(22)11-15/h3,5-6,8-9,11-13,17,20-21,23H,4,7,10H2,1-2H3/t17-,20-,21-/m1/s1. The van der Waals surface area contributed by atoms with E-state index in [1.807, 2.05) is 6.07 Å². The number of ether oxygens (including phenoxy) is 1.